The minimum atomic E-state index is -0.561. The summed E-state index contributed by atoms with van der Waals surface area (Å²) in [7, 11) is 0. The molecule has 4 atom stereocenters. The van der Waals surface area contributed by atoms with Crippen molar-refractivity contribution in [3.05, 3.63) is 53.6 Å². The lowest BCUT2D eigenvalue weighted by molar-refractivity contribution is -0.139. The predicted molar refractivity (Wildman–Crippen MR) is 131 cm³/mol. The van der Waals surface area contributed by atoms with Crippen LogP contribution in [0, 0.1) is 37.5 Å². The van der Waals surface area contributed by atoms with Crippen LogP contribution < -0.4 is 14.5 Å². The van der Waals surface area contributed by atoms with E-state index in [0.29, 0.717) is 17.4 Å². The van der Waals surface area contributed by atoms with Crippen molar-refractivity contribution in [3.63, 3.8) is 0 Å². The van der Waals surface area contributed by atoms with E-state index in [1.54, 1.807) is 29.2 Å². The number of carbonyl (C=O) groups is 4. The molecular formula is C28H30N2O5. The topological polar surface area (TPSA) is 84.0 Å². The molecule has 0 N–H and O–H groups in total. The van der Waals surface area contributed by atoms with E-state index in [1.165, 1.54) is 4.90 Å². The summed E-state index contributed by atoms with van der Waals surface area (Å²) in [5.74, 6) is -1.08. The van der Waals surface area contributed by atoms with E-state index in [0.717, 1.165) is 36.1 Å². The number of amides is 3. The minimum Gasteiger partial charge on any atom is -0.426 e. The molecule has 0 bridgehead atoms. The average molecular weight is 475 g/mol. The Bertz CT molecular complexity index is 1200. The Labute approximate surface area is 205 Å². The lowest BCUT2D eigenvalue weighted by atomic mass is 9.76. The first-order chi connectivity index (χ1) is 16.7. The molecule has 7 nitrogen and oxygen atoms in total. The fraction of sp³-hybridized carbons (Fsp3) is 0.429. The lowest BCUT2D eigenvalue weighted by Gasteiger charge is -2.25. The summed E-state index contributed by atoms with van der Waals surface area (Å²) in [4.78, 5) is 54.2. The average Bonchev–Trinajstić information content (AvgIpc) is 3.33. The highest BCUT2D eigenvalue weighted by atomic mass is 16.5. The van der Waals surface area contributed by atoms with Gasteiger partial charge in [0.2, 0.25) is 17.7 Å². The second-order valence-electron chi connectivity index (χ2n) is 10.2. The van der Waals surface area contributed by atoms with Crippen molar-refractivity contribution < 1.29 is 23.9 Å². The van der Waals surface area contributed by atoms with Gasteiger partial charge >= 0.3 is 5.97 Å². The van der Waals surface area contributed by atoms with Gasteiger partial charge in [-0.05, 0) is 80.5 Å². The Hall–Kier alpha value is -3.48. The van der Waals surface area contributed by atoms with Gasteiger partial charge in [-0.2, -0.15) is 0 Å². The highest BCUT2D eigenvalue weighted by Gasteiger charge is 2.50. The lowest BCUT2D eigenvalue weighted by Crippen LogP contribution is -2.30. The fourth-order valence-electron chi connectivity index (χ4n) is 5.63. The van der Waals surface area contributed by atoms with Crippen molar-refractivity contribution in [2.75, 3.05) is 16.3 Å². The minimum absolute atomic E-state index is 0.0992. The maximum Gasteiger partial charge on any atom is 0.316 e. The number of hydrogen-bond acceptors (Lipinski definition) is 5. The molecule has 3 fully saturated rings. The molecule has 5 rings (SSSR count). The summed E-state index contributed by atoms with van der Waals surface area (Å²) in [6.45, 7) is 6.36. The number of nitrogens with zero attached hydrogens (tertiary/aromatic N) is 2. The Morgan fingerprint density at radius 3 is 2.40 bits per heavy atom. The first-order valence-electron chi connectivity index (χ1n) is 12.3. The van der Waals surface area contributed by atoms with Crippen molar-refractivity contribution in [1.29, 1.82) is 0 Å². The summed E-state index contributed by atoms with van der Waals surface area (Å²) >= 11 is 0. The van der Waals surface area contributed by atoms with E-state index >= 15 is 0 Å². The number of aryl methyl sites for hydroxylation is 1. The number of imide groups is 1. The van der Waals surface area contributed by atoms with E-state index in [4.69, 9.17) is 4.74 Å². The maximum atomic E-state index is 12.9. The van der Waals surface area contributed by atoms with Gasteiger partial charge in [-0.3, -0.25) is 24.1 Å². The van der Waals surface area contributed by atoms with Crippen molar-refractivity contribution >= 4 is 35.1 Å². The monoisotopic (exact) mass is 474 g/mol. The molecule has 35 heavy (non-hydrogen) atoms. The van der Waals surface area contributed by atoms with Gasteiger partial charge in [-0.25, -0.2) is 0 Å². The van der Waals surface area contributed by atoms with Crippen LogP contribution in [0.25, 0.3) is 0 Å². The Kier molecular flexibility index (Phi) is 5.95. The molecule has 2 aromatic rings. The van der Waals surface area contributed by atoms with Gasteiger partial charge in [0.05, 0.1) is 23.4 Å². The zero-order chi connectivity index (χ0) is 24.9. The van der Waals surface area contributed by atoms with E-state index in [-0.39, 0.29) is 42.5 Å². The van der Waals surface area contributed by atoms with Crippen LogP contribution in [0.1, 0.15) is 43.7 Å². The first kappa shape index (κ1) is 23.3. The second-order valence-corrected chi connectivity index (χ2v) is 10.2. The third-order valence-corrected chi connectivity index (χ3v) is 7.83. The summed E-state index contributed by atoms with van der Waals surface area (Å²) in [5, 5.41) is 0. The molecule has 2 heterocycles. The van der Waals surface area contributed by atoms with Crippen LogP contribution in [-0.2, 0) is 19.2 Å². The number of fused-ring (bicyclic) bond motifs is 1. The van der Waals surface area contributed by atoms with Gasteiger partial charge in [0.25, 0.3) is 0 Å². The molecule has 182 valence electrons. The van der Waals surface area contributed by atoms with E-state index in [9.17, 15) is 19.2 Å². The highest BCUT2D eigenvalue weighted by molar-refractivity contribution is 6.22. The van der Waals surface area contributed by atoms with Gasteiger partial charge in [0, 0.05) is 18.7 Å². The van der Waals surface area contributed by atoms with Gasteiger partial charge in [0.1, 0.15) is 5.75 Å². The highest BCUT2D eigenvalue weighted by Crippen LogP contribution is 2.42. The van der Waals surface area contributed by atoms with Crippen LogP contribution in [0.4, 0.5) is 11.4 Å². The second kappa shape index (κ2) is 8.95. The Morgan fingerprint density at radius 2 is 1.66 bits per heavy atom. The molecular weight excluding hydrogens is 444 g/mol. The smallest absolute Gasteiger partial charge is 0.316 e. The molecule has 2 saturated heterocycles. The molecule has 0 unspecified atom stereocenters. The standard InChI is InChI=1S/C28H30N2O5/c1-16-7-12-22-23(13-16)27(33)30(26(22)32)20-8-10-21(11-9-20)35-28(34)19-14-25(31)29(15-19)24-6-4-5-17(2)18(24)3/h4-6,8-11,16,19,22-23H,7,12-15H2,1-3H3/t16-,19+,22+,23-/m0/s1. The molecule has 2 aliphatic heterocycles. The molecule has 0 radical (unpaired) electrons. The maximum absolute atomic E-state index is 12.9. The molecule has 2 aromatic carbocycles. The van der Waals surface area contributed by atoms with Crippen LogP contribution in [-0.4, -0.2) is 30.2 Å². The van der Waals surface area contributed by atoms with Crippen LogP contribution >= 0.6 is 0 Å². The largest absolute Gasteiger partial charge is 0.426 e. The van der Waals surface area contributed by atoms with Crippen molar-refractivity contribution in [2.45, 2.75) is 46.5 Å². The molecule has 1 aliphatic carbocycles. The molecule has 3 aliphatic rings. The van der Waals surface area contributed by atoms with Crippen molar-refractivity contribution in [3.8, 4) is 5.75 Å². The number of esters is 1. The molecule has 1 saturated carbocycles. The zero-order valence-corrected chi connectivity index (χ0v) is 20.3. The van der Waals surface area contributed by atoms with Gasteiger partial charge in [0.15, 0.2) is 0 Å². The predicted octanol–water partition coefficient (Wildman–Crippen LogP) is 4.19. The summed E-state index contributed by atoms with van der Waals surface area (Å²) in [5.41, 5.74) is 3.43. The van der Waals surface area contributed by atoms with Crippen LogP contribution in [0.15, 0.2) is 42.5 Å². The van der Waals surface area contributed by atoms with Gasteiger partial charge in [-0.1, -0.05) is 19.1 Å². The molecule has 3 amide bonds. The number of hydrogen-bond donors (Lipinski definition) is 0. The van der Waals surface area contributed by atoms with E-state index in [1.807, 2.05) is 32.0 Å². The van der Waals surface area contributed by atoms with Crippen LogP contribution in [0.3, 0.4) is 0 Å². The van der Waals surface area contributed by atoms with Gasteiger partial charge in [-0.15, -0.1) is 0 Å². The number of ether oxygens (including phenoxy) is 1. The quantitative estimate of drug-likeness (QED) is 0.377. The third-order valence-electron chi connectivity index (χ3n) is 7.83. The first-order valence-corrected chi connectivity index (χ1v) is 12.3. The summed E-state index contributed by atoms with van der Waals surface area (Å²) < 4.78 is 5.56. The SMILES string of the molecule is Cc1cccc(N2C[C@H](C(=O)Oc3ccc(N4C(=O)[C@H]5C[C@@H](C)CC[C@H]5C4=O)cc3)CC2=O)c1C. The van der Waals surface area contributed by atoms with Crippen molar-refractivity contribution in [1.82, 2.24) is 0 Å². The molecule has 0 spiro atoms. The number of rotatable bonds is 4. The number of benzene rings is 2. The number of carbonyl (C=O) groups excluding carboxylic acids is 4. The fourth-order valence-corrected chi connectivity index (χ4v) is 5.63. The van der Waals surface area contributed by atoms with Crippen LogP contribution in [0.2, 0.25) is 0 Å². The van der Waals surface area contributed by atoms with E-state index < -0.39 is 11.9 Å². The molecule has 7 heteroatoms. The summed E-state index contributed by atoms with van der Waals surface area (Å²) in [6, 6.07) is 12.3. The van der Waals surface area contributed by atoms with Gasteiger partial charge < -0.3 is 9.64 Å². The third kappa shape index (κ3) is 4.13. The van der Waals surface area contributed by atoms with E-state index in [2.05, 4.69) is 6.92 Å². The number of anilines is 2. The Morgan fingerprint density at radius 1 is 0.943 bits per heavy atom. The van der Waals surface area contributed by atoms with Crippen LogP contribution in [0.5, 0.6) is 5.75 Å². The van der Waals surface area contributed by atoms with Crippen molar-refractivity contribution in [2.24, 2.45) is 23.7 Å². The summed E-state index contributed by atoms with van der Waals surface area (Å²) in [6.07, 6.45) is 2.57. The zero-order valence-electron chi connectivity index (χ0n) is 20.3. The molecule has 0 aromatic heterocycles. The normalized spacial score (nSPS) is 26.3. The Balaban J connectivity index is 1.25.